The van der Waals surface area contributed by atoms with Crippen LogP contribution < -0.4 is 0 Å². The summed E-state index contributed by atoms with van der Waals surface area (Å²) < 4.78 is 0. The lowest BCUT2D eigenvalue weighted by molar-refractivity contribution is 0.0308. The van der Waals surface area contributed by atoms with E-state index < -0.39 is 5.60 Å². The summed E-state index contributed by atoms with van der Waals surface area (Å²) in [5.41, 5.74) is 0.848. The Balaban J connectivity index is 3.82. The molecule has 1 atom stereocenters. The highest BCUT2D eigenvalue weighted by Gasteiger charge is 2.20. The summed E-state index contributed by atoms with van der Waals surface area (Å²) >= 11 is 0. The van der Waals surface area contributed by atoms with Crippen LogP contribution in [0.2, 0.25) is 0 Å². The van der Waals surface area contributed by atoms with Crippen molar-refractivity contribution in [2.24, 2.45) is 5.92 Å². The second kappa shape index (κ2) is 5.43. The van der Waals surface area contributed by atoms with Crippen molar-refractivity contribution < 1.29 is 5.11 Å². The minimum atomic E-state index is -0.486. The molecule has 0 rings (SSSR count). The van der Waals surface area contributed by atoms with Crippen LogP contribution in [0.15, 0.2) is 11.6 Å². The number of hydrogen-bond donors (Lipinski definition) is 1. The molecule has 0 saturated carbocycles. The number of hydrogen-bond acceptors (Lipinski definition) is 1. The van der Waals surface area contributed by atoms with Crippen molar-refractivity contribution in [3.05, 3.63) is 11.6 Å². The molecule has 78 valence electrons. The monoisotopic (exact) mass is 184 g/mol. The van der Waals surface area contributed by atoms with E-state index in [0.717, 1.165) is 19.3 Å². The van der Waals surface area contributed by atoms with Gasteiger partial charge in [0.2, 0.25) is 0 Å². The van der Waals surface area contributed by atoms with Crippen molar-refractivity contribution >= 4 is 0 Å². The Kier molecular flexibility index (Phi) is 5.31. The van der Waals surface area contributed by atoms with Crippen LogP contribution in [-0.2, 0) is 0 Å². The molecule has 1 heteroatoms. The lowest BCUT2D eigenvalue weighted by Gasteiger charge is -2.24. The highest BCUT2D eigenvalue weighted by Crippen LogP contribution is 2.21. The van der Waals surface area contributed by atoms with Crippen LogP contribution in [0.5, 0.6) is 0 Å². The van der Waals surface area contributed by atoms with Gasteiger partial charge in [-0.15, -0.1) is 0 Å². The molecule has 0 amide bonds. The van der Waals surface area contributed by atoms with E-state index in [4.69, 9.17) is 0 Å². The summed E-state index contributed by atoms with van der Waals surface area (Å²) in [6, 6.07) is 0. The van der Waals surface area contributed by atoms with Crippen LogP contribution in [0.3, 0.4) is 0 Å². The molecule has 0 aromatic rings. The first kappa shape index (κ1) is 12.7. The molecule has 0 bridgehead atoms. The standard InChI is InChI=1S/C12H24O/c1-10(2)7-6-8-12(5,13)9-11(3)4/h7,11,13H,6,8-9H2,1-5H3. The fraction of sp³-hybridized carbons (Fsp3) is 0.833. The minimum Gasteiger partial charge on any atom is -0.390 e. The molecule has 0 aromatic heterocycles. The van der Waals surface area contributed by atoms with E-state index in [-0.39, 0.29) is 0 Å². The average molecular weight is 184 g/mol. The molecule has 0 heterocycles. The van der Waals surface area contributed by atoms with Gasteiger partial charge in [-0.25, -0.2) is 0 Å². The molecule has 0 aliphatic heterocycles. The Morgan fingerprint density at radius 3 is 2.31 bits per heavy atom. The SMILES string of the molecule is CC(C)=CCCC(C)(O)CC(C)C. The Bertz CT molecular complexity index is 162. The van der Waals surface area contributed by atoms with E-state index in [2.05, 4.69) is 33.8 Å². The molecule has 0 radical (unpaired) electrons. The average Bonchev–Trinajstić information content (AvgIpc) is 1.81. The van der Waals surface area contributed by atoms with Crippen molar-refractivity contribution in [2.75, 3.05) is 0 Å². The molecule has 0 fully saturated rings. The zero-order valence-electron chi connectivity index (χ0n) is 9.72. The molecule has 0 aliphatic carbocycles. The van der Waals surface area contributed by atoms with Gasteiger partial charge in [0.15, 0.2) is 0 Å². The van der Waals surface area contributed by atoms with E-state index in [1.165, 1.54) is 5.57 Å². The van der Waals surface area contributed by atoms with Crippen LogP contribution in [-0.4, -0.2) is 10.7 Å². The topological polar surface area (TPSA) is 20.2 Å². The van der Waals surface area contributed by atoms with Gasteiger partial charge in [0.25, 0.3) is 0 Å². The fourth-order valence-corrected chi connectivity index (χ4v) is 1.65. The Hall–Kier alpha value is -0.300. The van der Waals surface area contributed by atoms with Gasteiger partial charge in [-0.2, -0.15) is 0 Å². The minimum absolute atomic E-state index is 0.486. The number of rotatable bonds is 5. The van der Waals surface area contributed by atoms with E-state index in [1.807, 2.05) is 6.92 Å². The molecule has 0 aromatic carbocycles. The maximum atomic E-state index is 9.97. The summed E-state index contributed by atoms with van der Waals surface area (Å²) in [5, 5.41) is 9.97. The van der Waals surface area contributed by atoms with Gasteiger partial charge in [0, 0.05) is 0 Å². The molecular formula is C12H24O. The maximum absolute atomic E-state index is 9.97. The second-order valence-electron chi connectivity index (χ2n) is 4.92. The number of allylic oxidation sites excluding steroid dienone is 2. The molecule has 13 heavy (non-hydrogen) atoms. The van der Waals surface area contributed by atoms with Gasteiger partial charge < -0.3 is 5.11 Å². The first-order valence-electron chi connectivity index (χ1n) is 5.19. The van der Waals surface area contributed by atoms with Crippen LogP contribution in [0.1, 0.15) is 53.9 Å². The predicted octanol–water partition coefficient (Wildman–Crippen LogP) is 3.53. The second-order valence-corrected chi connectivity index (χ2v) is 4.92. The van der Waals surface area contributed by atoms with Gasteiger partial charge in [0.1, 0.15) is 0 Å². The molecule has 1 N–H and O–H groups in total. The molecular weight excluding hydrogens is 160 g/mol. The third kappa shape index (κ3) is 8.04. The van der Waals surface area contributed by atoms with Crippen LogP contribution in [0.25, 0.3) is 0 Å². The van der Waals surface area contributed by atoms with Gasteiger partial charge in [-0.3, -0.25) is 0 Å². The Morgan fingerprint density at radius 1 is 1.38 bits per heavy atom. The molecule has 1 unspecified atom stereocenters. The van der Waals surface area contributed by atoms with Crippen LogP contribution in [0, 0.1) is 5.92 Å². The van der Waals surface area contributed by atoms with Crippen molar-refractivity contribution in [3.8, 4) is 0 Å². The summed E-state index contributed by atoms with van der Waals surface area (Å²) in [7, 11) is 0. The lowest BCUT2D eigenvalue weighted by Crippen LogP contribution is -2.25. The third-order valence-corrected chi connectivity index (χ3v) is 2.08. The normalized spacial score (nSPS) is 15.6. The molecule has 1 nitrogen and oxygen atoms in total. The van der Waals surface area contributed by atoms with Crippen molar-refractivity contribution in [1.29, 1.82) is 0 Å². The first-order valence-corrected chi connectivity index (χ1v) is 5.19. The van der Waals surface area contributed by atoms with Gasteiger partial charge in [-0.1, -0.05) is 25.5 Å². The van der Waals surface area contributed by atoms with Crippen molar-refractivity contribution in [3.63, 3.8) is 0 Å². The van der Waals surface area contributed by atoms with Crippen LogP contribution >= 0.6 is 0 Å². The zero-order chi connectivity index (χ0) is 10.5. The van der Waals surface area contributed by atoms with Crippen molar-refractivity contribution in [1.82, 2.24) is 0 Å². The lowest BCUT2D eigenvalue weighted by atomic mass is 9.90. The van der Waals surface area contributed by atoms with E-state index in [0.29, 0.717) is 5.92 Å². The summed E-state index contributed by atoms with van der Waals surface area (Å²) in [6.45, 7) is 10.4. The quantitative estimate of drug-likeness (QED) is 0.648. The largest absolute Gasteiger partial charge is 0.390 e. The third-order valence-electron chi connectivity index (χ3n) is 2.08. The zero-order valence-corrected chi connectivity index (χ0v) is 9.72. The van der Waals surface area contributed by atoms with Crippen molar-refractivity contribution in [2.45, 2.75) is 59.5 Å². The molecule has 0 aliphatic rings. The Morgan fingerprint density at radius 2 is 1.92 bits per heavy atom. The van der Waals surface area contributed by atoms with Gasteiger partial charge >= 0.3 is 0 Å². The Labute approximate surface area is 82.9 Å². The fourth-order valence-electron chi connectivity index (χ4n) is 1.65. The summed E-state index contributed by atoms with van der Waals surface area (Å²) in [4.78, 5) is 0. The van der Waals surface area contributed by atoms with E-state index >= 15 is 0 Å². The highest BCUT2D eigenvalue weighted by atomic mass is 16.3. The first-order chi connectivity index (χ1) is 5.83. The maximum Gasteiger partial charge on any atom is 0.0625 e. The molecule has 0 spiro atoms. The summed E-state index contributed by atoms with van der Waals surface area (Å²) in [6.07, 6.45) is 4.94. The molecule has 0 saturated heterocycles. The smallest absolute Gasteiger partial charge is 0.0625 e. The highest BCUT2D eigenvalue weighted by molar-refractivity contribution is 4.94. The summed E-state index contributed by atoms with van der Waals surface area (Å²) in [5.74, 6) is 0.571. The van der Waals surface area contributed by atoms with E-state index in [9.17, 15) is 5.11 Å². The predicted molar refractivity (Wildman–Crippen MR) is 58.7 cm³/mol. The number of aliphatic hydroxyl groups is 1. The van der Waals surface area contributed by atoms with Gasteiger partial charge in [0.05, 0.1) is 5.60 Å². The van der Waals surface area contributed by atoms with Crippen LogP contribution in [0.4, 0.5) is 0 Å². The van der Waals surface area contributed by atoms with E-state index in [1.54, 1.807) is 0 Å². The van der Waals surface area contributed by atoms with Gasteiger partial charge in [-0.05, 0) is 46.0 Å².